The molecule has 2 aliphatic carbocycles. The van der Waals surface area contributed by atoms with Gasteiger partial charge < -0.3 is 33.5 Å². The minimum absolute atomic E-state index is 0.0602. The van der Waals surface area contributed by atoms with Gasteiger partial charge in [0.2, 0.25) is 0 Å². The zero-order valence-corrected chi connectivity index (χ0v) is 23.0. The van der Waals surface area contributed by atoms with Gasteiger partial charge in [-0.05, 0) is 66.0 Å². The van der Waals surface area contributed by atoms with E-state index >= 15 is 0 Å². The lowest BCUT2D eigenvalue weighted by molar-refractivity contribution is -0.247. The van der Waals surface area contributed by atoms with E-state index < -0.39 is 48.2 Å². The summed E-state index contributed by atoms with van der Waals surface area (Å²) in [6.45, 7) is 0. The Labute approximate surface area is 229 Å². The number of methoxy groups -OCH3 is 1. The first-order valence-corrected chi connectivity index (χ1v) is 14.2. The number of carbonyl (C=O) groups excluding carboxylic acids is 1. The molecule has 0 bridgehead atoms. The zero-order valence-electron chi connectivity index (χ0n) is 20.8. The number of nitrogens with zero attached hydrogens (tertiary/aromatic N) is 1. The lowest BCUT2D eigenvalue weighted by atomic mass is 9.94. The van der Waals surface area contributed by atoms with E-state index in [9.17, 15) is 9.90 Å². The van der Waals surface area contributed by atoms with Crippen LogP contribution in [0.5, 0.6) is 11.5 Å². The fourth-order valence-electron chi connectivity index (χ4n) is 6.23. The second-order valence-electron chi connectivity index (χ2n) is 10.5. The number of carbonyl (C=O) groups is 1. The normalized spacial score (nSPS) is 33.9. The van der Waals surface area contributed by atoms with Gasteiger partial charge in [0.15, 0.2) is 35.5 Å². The highest BCUT2D eigenvalue weighted by Crippen LogP contribution is 2.51. The minimum Gasteiger partial charge on any atom is -0.504 e. The molecule has 0 aromatic heterocycles. The third kappa shape index (κ3) is 4.87. The lowest BCUT2D eigenvalue weighted by Gasteiger charge is -2.36. The number of aromatic hydroxyl groups is 1. The van der Waals surface area contributed by atoms with E-state index in [0.717, 1.165) is 64.2 Å². The minimum atomic E-state index is -0.957. The van der Waals surface area contributed by atoms with E-state index in [1.54, 1.807) is 12.1 Å². The van der Waals surface area contributed by atoms with E-state index in [2.05, 4.69) is 10.5 Å². The average Bonchev–Trinajstić information content (AvgIpc) is 3.44. The summed E-state index contributed by atoms with van der Waals surface area (Å²) < 4.78 is 38.0. The molecule has 37 heavy (non-hydrogen) atoms. The number of rotatable bonds is 4. The van der Waals surface area contributed by atoms with Crippen LogP contribution in [-0.2, 0) is 28.5 Å². The van der Waals surface area contributed by atoms with Crippen molar-refractivity contribution < 1.29 is 38.3 Å². The molecule has 5 aliphatic rings. The maximum atomic E-state index is 13.4. The molecule has 3 saturated heterocycles. The van der Waals surface area contributed by atoms with Crippen molar-refractivity contribution in [3.63, 3.8) is 0 Å². The Balaban J connectivity index is 1.21. The van der Waals surface area contributed by atoms with Gasteiger partial charge in [-0.15, -0.1) is 0 Å². The second-order valence-corrected chi connectivity index (χ2v) is 11.7. The number of ether oxygens (including phenoxy) is 6. The number of amides is 1. The monoisotopic (exact) mass is 628 g/mol. The number of benzene rings is 1. The van der Waals surface area contributed by atoms with Crippen molar-refractivity contribution in [2.75, 3.05) is 7.11 Å². The summed E-state index contributed by atoms with van der Waals surface area (Å²) in [5, 5.41) is 14.2. The van der Waals surface area contributed by atoms with E-state index in [-0.39, 0.29) is 5.75 Å². The van der Waals surface area contributed by atoms with Crippen LogP contribution in [0, 0.1) is 3.57 Å². The van der Waals surface area contributed by atoms with Gasteiger partial charge in [-0.1, -0.05) is 12.8 Å². The van der Waals surface area contributed by atoms with Crippen molar-refractivity contribution in [3.05, 3.63) is 21.3 Å². The molecular formula is C26H33IN2O8. The standard InChI is InChI=1S/C26H33IN2O8/c1-32-17-13-15(12-16(27)18(17)30)14-28-29-23(31)21-19-20(35-25(34-19)8-4-2-5-9-25)22-24(33-21)37-26(36-22)10-6-3-7-11-26/h12-14,19-22,24,30H,2-11H2,1H3,(H,29,31)/b28-14+/t19-,20+,21-,22-,24-/m1/s1. The van der Waals surface area contributed by atoms with Crippen LogP contribution in [0.15, 0.2) is 17.2 Å². The van der Waals surface area contributed by atoms with Crippen molar-refractivity contribution in [2.24, 2.45) is 5.10 Å². The smallest absolute Gasteiger partial charge is 0.272 e. The van der Waals surface area contributed by atoms with E-state index in [1.807, 2.05) is 22.6 Å². The maximum absolute atomic E-state index is 13.4. The van der Waals surface area contributed by atoms with Crippen molar-refractivity contribution in [1.82, 2.24) is 5.43 Å². The highest BCUT2D eigenvalue weighted by atomic mass is 127. The molecule has 3 heterocycles. The second kappa shape index (κ2) is 10.2. The number of halogens is 1. The van der Waals surface area contributed by atoms with Crippen molar-refractivity contribution in [3.8, 4) is 11.5 Å². The zero-order chi connectivity index (χ0) is 25.6. The highest BCUT2D eigenvalue weighted by Gasteiger charge is 2.65. The van der Waals surface area contributed by atoms with Crippen LogP contribution in [0.4, 0.5) is 0 Å². The molecule has 0 unspecified atom stereocenters. The Kier molecular flexibility index (Phi) is 7.12. The van der Waals surface area contributed by atoms with Gasteiger partial charge in [-0.3, -0.25) is 4.79 Å². The van der Waals surface area contributed by atoms with Crippen LogP contribution < -0.4 is 10.2 Å². The lowest BCUT2D eigenvalue weighted by Crippen LogP contribution is -2.59. The summed E-state index contributed by atoms with van der Waals surface area (Å²) >= 11 is 2.01. The fraction of sp³-hybridized carbons (Fsp3) is 0.692. The van der Waals surface area contributed by atoms with E-state index in [0.29, 0.717) is 14.9 Å². The van der Waals surface area contributed by atoms with Crippen molar-refractivity contribution in [2.45, 2.75) is 106 Å². The first-order valence-electron chi connectivity index (χ1n) is 13.2. The molecule has 0 radical (unpaired) electrons. The molecule has 1 aromatic carbocycles. The molecule has 1 amide bonds. The SMILES string of the molecule is COc1cc(/C=N/NC(=O)[C@@H]2O[C@@H]3OC4(CCCCC4)O[C@@H]3[C@H]3OC4(CCCCC4)O[C@H]32)cc(I)c1O. The Morgan fingerprint density at radius 3 is 2.30 bits per heavy atom. The Hall–Kier alpha value is -1.51. The van der Waals surface area contributed by atoms with Gasteiger partial charge in [-0.2, -0.15) is 5.10 Å². The van der Waals surface area contributed by atoms with Gasteiger partial charge in [-0.25, -0.2) is 5.43 Å². The number of phenols is 1. The molecule has 11 heteroatoms. The van der Waals surface area contributed by atoms with Gasteiger partial charge in [0.25, 0.3) is 5.91 Å². The molecule has 5 fully saturated rings. The molecule has 5 atom stereocenters. The number of hydrogen-bond acceptors (Lipinski definition) is 9. The predicted molar refractivity (Wildman–Crippen MR) is 139 cm³/mol. The molecule has 6 rings (SSSR count). The molecule has 2 spiro atoms. The van der Waals surface area contributed by atoms with Crippen LogP contribution in [0.1, 0.15) is 69.8 Å². The topological polar surface area (TPSA) is 117 Å². The third-order valence-corrected chi connectivity index (χ3v) is 8.85. The molecule has 10 nitrogen and oxygen atoms in total. The summed E-state index contributed by atoms with van der Waals surface area (Å²) in [5.41, 5.74) is 3.26. The molecular weight excluding hydrogens is 595 g/mol. The molecule has 3 aliphatic heterocycles. The predicted octanol–water partition coefficient (Wildman–Crippen LogP) is 3.70. The van der Waals surface area contributed by atoms with Crippen LogP contribution in [0.3, 0.4) is 0 Å². The largest absolute Gasteiger partial charge is 0.504 e. The average molecular weight is 628 g/mol. The number of nitrogens with one attached hydrogen (secondary N) is 1. The van der Waals surface area contributed by atoms with Crippen LogP contribution in [-0.4, -0.2) is 66.6 Å². The first kappa shape index (κ1) is 25.8. The Bertz CT molecular complexity index is 1060. The van der Waals surface area contributed by atoms with Gasteiger partial charge >= 0.3 is 0 Å². The number of hydrazone groups is 1. The van der Waals surface area contributed by atoms with Gasteiger partial charge in [0, 0.05) is 25.7 Å². The Morgan fingerprint density at radius 1 is 1.00 bits per heavy atom. The molecule has 2 N–H and O–H groups in total. The van der Waals surface area contributed by atoms with Crippen LogP contribution >= 0.6 is 22.6 Å². The number of fused-ring (bicyclic) bond motifs is 3. The van der Waals surface area contributed by atoms with Crippen LogP contribution in [0.25, 0.3) is 0 Å². The summed E-state index contributed by atoms with van der Waals surface area (Å²) in [4.78, 5) is 13.4. The number of hydrogen-bond donors (Lipinski definition) is 2. The van der Waals surface area contributed by atoms with Crippen LogP contribution in [0.2, 0.25) is 0 Å². The van der Waals surface area contributed by atoms with E-state index in [4.69, 9.17) is 28.4 Å². The summed E-state index contributed by atoms with van der Waals surface area (Å²) in [6.07, 6.45) is 7.93. The highest BCUT2D eigenvalue weighted by molar-refractivity contribution is 14.1. The fourth-order valence-corrected chi connectivity index (χ4v) is 6.85. The molecule has 202 valence electrons. The van der Waals surface area contributed by atoms with E-state index in [1.165, 1.54) is 13.3 Å². The van der Waals surface area contributed by atoms with Crippen molar-refractivity contribution in [1.29, 1.82) is 0 Å². The summed E-state index contributed by atoms with van der Waals surface area (Å²) in [6, 6.07) is 3.37. The maximum Gasteiger partial charge on any atom is 0.272 e. The molecule has 1 aromatic rings. The first-order chi connectivity index (χ1) is 17.9. The van der Waals surface area contributed by atoms with Gasteiger partial charge in [0.05, 0.1) is 16.9 Å². The third-order valence-electron chi connectivity index (χ3n) is 8.03. The van der Waals surface area contributed by atoms with Crippen molar-refractivity contribution >= 4 is 34.7 Å². The summed E-state index contributed by atoms with van der Waals surface area (Å²) in [7, 11) is 1.48. The molecule has 2 saturated carbocycles. The Morgan fingerprint density at radius 2 is 1.62 bits per heavy atom. The number of phenolic OH excluding ortho intramolecular Hbond substituents is 1. The van der Waals surface area contributed by atoms with Gasteiger partial charge in [0.1, 0.15) is 18.3 Å². The quantitative estimate of drug-likeness (QED) is 0.295. The summed E-state index contributed by atoms with van der Waals surface area (Å²) in [5.74, 6) is -1.44.